The third kappa shape index (κ3) is 2.88. The monoisotopic (exact) mass is 278 g/mol. The van der Waals surface area contributed by atoms with Crippen LogP contribution in [-0.2, 0) is 0 Å². The molecule has 0 saturated carbocycles. The van der Waals surface area contributed by atoms with Crippen LogP contribution in [0.3, 0.4) is 0 Å². The zero-order valence-electron chi connectivity index (χ0n) is 12.5. The second-order valence-corrected chi connectivity index (χ2v) is 5.13. The Morgan fingerprint density at radius 2 is 1.95 bits per heavy atom. The van der Waals surface area contributed by atoms with Crippen LogP contribution in [0.5, 0.6) is 11.5 Å². The van der Waals surface area contributed by atoms with Crippen molar-refractivity contribution in [2.45, 2.75) is 19.9 Å². The maximum Gasteiger partial charge on any atom is 0.254 e. The van der Waals surface area contributed by atoms with E-state index in [1.54, 1.807) is 20.3 Å². The first-order chi connectivity index (χ1) is 9.56. The van der Waals surface area contributed by atoms with Gasteiger partial charge in [-0.15, -0.1) is 0 Å². The van der Waals surface area contributed by atoms with Crippen molar-refractivity contribution in [2.75, 3.05) is 33.9 Å². The lowest BCUT2D eigenvalue weighted by molar-refractivity contribution is 0.0708. The minimum absolute atomic E-state index is 0.0526. The zero-order chi connectivity index (χ0) is 14.7. The predicted molar refractivity (Wildman–Crippen MR) is 77.7 cm³/mol. The second-order valence-electron chi connectivity index (χ2n) is 5.13. The van der Waals surface area contributed by atoms with Gasteiger partial charge in [0.05, 0.1) is 14.2 Å². The maximum absolute atomic E-state index is 12.6. The van der Waals surface area contributed by atoms with Gasteiger partial charge in [-0.25, -0.2) is 0 Å². The molecule has 1 aromatic rings. The fourth-order valence-corrected chi connectivity index (χ4v) is 2.50. The van der Waals surface area contributed by atoms with Crippen molar-refractivity contribution in [1.29, 1.82) is 0 Å². The van der Waals surface area contributed by atoms with Crippen molar-refractivity contribution in [3.05, 3.63) is 23.3 Å². The van der Waals surface area contributed by atoms with Crippen molar-refractivity contribution >= 4 is 5.91 Å². The van der Waals surface area contributed by atoms with Crippen LogP contribution in [0, 0.1) is 6.92 Å². The first-order valence-electron chi connectivity index (χ1n) is 6.82. The van der Waals surface area contributed by atoms with Crippen LogP contribution in [0.1, 0.15) is 22.8 Å². The Hall–Kier alpha value is -1.75. The van der Waals surface area contributed by atoms with Crippen molar-refractivity contribution in [1.82, 2.24) is 10.2 Å². The number of benzene rings is 1. The number of hydrogen-bond donors (Lipinski definition) is 1. The van der Waals surface area contributed by atoms with Gasteiger partial charge in [0, 0.05) is 31.2 Å². The van der Waals surface area contributed by atoms with Gasteiger partial charge < -0.3 is 19.7 Å². The first-order valence-corrected chi connectivity index (χ1v) is 6.82. The fraction of sp³-hybridized carbons (Fsp3) is 0.533. The number of methoxy groups -OCH3 is 2. The number of hydrogen-bond acceptors (Lipinski definition) is 4. The third-order valence-electron chi connectivity index (χ3n) is 3.62. The van der Waals surface area contributed by atoms with Gasteiger partial charge in [0.15, 0.2) is 11.5 Å². The molecule has 5 nitrogen and oxygen atoms in total. The van der Waals surface area contributed by atoms with Crippen molar-refractivity contribution < 1.29 is 14.3 Å². The highest BCUT2D eigenvalue weighted by atomic mass is 16.5. The summed E-state index contributed by atoms with van der Waals surface area (Å²) in [6.45, 7) is 6.30. The zero-order valence-corrected chi connectivity index (χ0v) is 12.5. The summed E-state index contributed by atoms with van der Waals surface area (Å²) in [5.41, 5.74) is 1.58. The molecule has 0 radical (unpaired) electrons. The number of amides is 1. The minimum Gasteiger partial charge on any atom is -0.493 e. The van der Waals surface area contributed by atoms with Gasteiger partial charge in [0.1, 0.15) is 0 Å². The number of carbonyl (C=O) groups excluding carboxylic acids is 1. The highest BCUT2D eigenvalue weighted by Crippen LogP contribution is 2.30. The lowest BCUT2D eigenvalue weighted by Gasteiger charge is -2.32. The van der Waals surface area contributed by atoms with E-state index in [4.69, 9.17) is 9.47 Å². The number of nitrogens with zero attached hydrogens (tertiary/aromatic N) is 1. The minimum atomic E-state index is 0.0526. The van der Waals surface area contributed by atoms with E-state index in [0.29, 0.717) is 23.1 Å². The van der Waals surface area contributed by atoms with E-state index in [-0.39, 0.29) is 5.91 Å². The molecule has 1 unspecified atom stereocenters. The summed E-state index contributed by atoms with van der Waals surface area (Å²) in [6.07, 6.45) is 0. The van der Waals surface area contributed by atoms with Crippen LogP contribution >= 0.6 is 0 Å². The van der Waals surface area contributed by atoms with Crippen molar-refractivity contribution in [3.8, 4) is 11.5 Å². The molecule has 0 bridgehead atoms. The third-order valence-corrected chi connectivity index (χ3v) is 3.62. The average Bonchev–Trinajstić information content (AvgIpc) is 2.46. The summed E-state index contributed by atoms with van der Waals surface area (Å²) in [4.78, 5) is 14.5. The molecular weight excluding hydrogens is 256 g/mol. The molecule has 0 spiro atoms. The molecule has 1 N–H and O–H groups in total. The molecule has 1 amide bonds. The van der Waals surface area contributed by atoms with Gasteiger partial charge in [0.2, 0.25) is 0 Å². The van der Waals surface area contributed by atoms with Crippen LogP contribution < -0.4 is 14.8 Å². The SMILES string of the molecule is COc1cc(C)c(C(=O)N2CCNC(C)C2)cc1OC. The quantitative estimate of drug-likeness (QED) is 0.909. The summed E-state index contributed by atoms with van der Waals surface area (Å²) in [7, 11) is 3.17. The highest BCUT2D eigenvalue weighted by molar-refractivity contribution is 5.96. The van der Waals surface area contributed by atoms with E-state index in [1.165, 1.54) is 0 Å². The number of rotatable bonds is 3. The first kappa shape index (κ1) is 14.7. The lowest BCUT2D eigenvalue weighted by Crippen LogP contribution is -2.51. The van der Waals surface area contributed by atoms with Gasteiger partial charge in [-0.3, -0.25) is 4.79 Å². The molecule has 1 aromatic carbocycles. The Bertz CT molecular complexity index is 502. The number of aryl methyl sites for hydroxylation is 1. The van der Waals surface area contributed by atoms with Crippen LogP contribution in [0.4, 0.5) is 0 Å². The summed E-state index contributed by atoms with van der Waals surface area (Å²) < 4.78 is 10.5. The highest BCUT2D eigenvalue weighted by Gasteiger charge is 2.24. The topological polar surface area (TPSA) is 50.8 Å². The number of ether oxygens (including phenoxy) is 2. The Morgan fingerprint density at radius 1 is 1.30 bits per heavy atom. The predicted octanol–water partition coefficient (Wildman–Crippen LogP) is 1.45. The van der Waals surface area contributed by atoms with Gasteiger partial charge in [-0.1, -0.05) is 0 Å². The summed E-state index contributed by atoms with van der Waals surface area (Å²) in [6, 6.07) is 3.94. The molecular formula is C15H22N2O3. The molecule has 1 saturated heterocycles. The molecule has 20 heavy (non-hydrogen) atoms. The molecule has 1 aliphatic rings. The number of piperazine rings is 1. The van der Waals surface area contributed by atoms with Gasteiger partial charge >= 0.3 is 0 Å². The van der Waals surface area contributed by atoms with E-state index < -0.39 is 0 Å². The summed E-state index contributed by atoms with van der Waals surface area (Å²) in [5.74, 6) is 1.29. The van der Waals surface area contributed by atoms with Crippen LogP contribution in [-0.4, -0.2) is 50.7 Å². The van der Waals surface area contributed by atoms with E-state index in [1.807, 2.05) is 17.9 Å². The Balaban J connectivity index is 2.29. The number of nitrogens with one attached hydrogen (secondary N) is 1. The molecule has 1 heterocycles. The van der Waals surface area contributed by atoms with Crippen LogP contribution in [0.2, 0.25) is 0 Å². The van der Waals surface area contributed by atoms with E-state index >= 15 is 0 Å². The normalized spacial score (nSPS) is 18.8. The molecule has 0 aromatic heterocycles. The van der Waals surface area contributed by atoms with E-state index in [0.717, 1.165) is 25.2 Å². The molecule has 0 aliphatic carbocycles. The second kappa shape index (κ2) is 6.13. The summed E-state index contributed by atoms with van der Waals surface area (Å²) in [5, 5.41) is 3.34. The molecule has 5 heteroatoms. The lowest BCUT2D eigenvalue weighted by atomic mass is 10.1. The largest absolute Gasteiger partial charge is 0.493 e. The van der Waals surface area contributed by atoms with Crippen LogP contribution in [0.25, 0.3) is 0 Å². The standard InChI is InChI=1S/C15H22N2O3/c1-10-7-13(19-3)14(20-4)8-12(10)15(18)17-6-5-16-11(2)9-17/h7-8,11,16H,5-6,9H2,1-4H3. The maximum atomic E-state index is 12.6. The summed E-state index contributed by atoms with van der Waals surface area (Å²) >= 11 is 0. The van der Waals surface area contributed by atoms with Crippen molar-refractivity contribution in [2.24, 2.45) is 0 Å². The smallest absolute Gasteiger partial charge is 0.254 e. The average molecular weight is 278 g/mol. The van der Waals surface area contributed by atoms with Gasteiger partial charge in [0.25, 0.3) is 5.91 Å². The molecule has 2 rings (SSSR count). The molecule has 1 fully saturated rings. The Kier molecular flexibility index (Phi) is 4.49. The molecule has 1 atom stereocenters. The van der Waals surface area contributed by atoms with Gasteiger partial charge in [-0.05, 0) is 31.5 Å². The van der Waals surface area contributed by atoms with E-state index in [2.05, 4.69) is 12.2 Å². The molecule has 1 aliphatic heterocycles. The Labute approximate surface area is 119 Å². The number of carbonyl (C=O) groups is 1. The fourth-order valence-electron chi connectivity index (χ4n) is 2.50. The van der Waals surface area contributed by atoms with E-state index in [9.17, 15) is 4.79 Å². The van der Waals surface area contributed by atoms with Crippen molar-refractivity contribution in [3.63, 3.8) is 0 Å². The van der Waals surface area contributed by atoms with Gasteiger partial charge in [-0.2, -0.15) is 0 Å². The van der Waals surface area contributed by atoms with Crippen LogP contribution in [0.15, 0.2) is 12.1 Å². The Morgan fingerprint density at radius 3 is 2.55 bits per heavy atom. The molecule has 110 valence electrons.